The van der Waals surface area contributed by atoms with Crippen LogP contribution in [0.15, 0.2) is 110 Å². The summed E-state index contributed by atoms with van der Waals surface area (Å²) in [5, 5.41) is 3.99. The molecule has 1 N–H and O–H groups in total. The minimum Gasteiger partial charge on any atom is -0.497 e. The summed E-state index contributed by atoms with van der Waals surface area (Å²) in [6.07, 6.45) is 1.77. The lowest BCUT2D eigenvalue weighted by Crippen LogP contribution is -2.40. The summed E-state index contributed by atoms with van der Waals surface area (Å²) in [6, 6.07) is 24.6. The van der Waals surface area contributed by atoms with Gasteiger partial charge in [-0.1, -0.05) is 70.9 Å². The first-order valence-corrected chi connectivity index (χ1v) is 17.0. The van der Waals surface area contributed by atoms with Crippen molar-refractivity contribution in [3.05, 3.63) is 147 Å². The van der Waals surface area contributed by atoms with E-state index in [2.05, 4.69) is 21.2 Å². The number of rotatable bonds is 9. The summed E-state index contributed by atoms with van der Waals surface area (Å²) in [5.41, 5.74) is 3.37. The van der Waals surface area contributed by atoms with Crippen molar-refractivity contribution in [1.82, 2.24) is 4.57 Å². The number of anilines is 1. The molecule has 5 aromatic rings. The van der Waals surface area contributed by atoms with E-state index in [9.17, 15) is 9.59 Å². The van der Waals surface area contributed by atoms with Gasteiger partial charge in [-0.25, -0.2) is 4.99 Å². The Morgan fingerprint density at radius 3 is 2.54 bits per heavy atom. The van der Waals surface area contributed by atoms with Crippen molar-refractivity contribution < 1.29 is 19.0 Å². The summed E-state index contributed by atoms with van der Waals surface area (Å²) in [6.45, 7) is 1.97. The van der Waals surface area contributed by atoms with E-state index < -0.39 is 6.04 Å². The van der Waals surface area contributed by atoms with Crippen LogP contribution in [0.1, 0.15) is 29.7 Å². The zero-order chi connectivity index (χ0) is 33.9. The number of fused-ring (bicyclic) bond motifs is 1. The van der Waals surface area contributed by atoms with Crippen LogP contribution in [-0.4, -0.2) is 24.7 Å². The number of hydrogen-bond donors (Lipinski definition) is 1. The number of thiazole rings is 1. The number of hydrogen-bond acceptors (Lipinski definition) is 7. The van der Waals surface area contributed by atoms with Crippen LogP contribution in [0.2, 0.25) is 10.0 Å². The standard InChI is InChI=1S/C36H28BrCl2N3O5S/c1-20-31(34(43)41-25-9-5-4-6-10-25)32(22-8-7-11-26(17-22)45-2)42-35(44)30(48-36(42)40-20)16-21-14-27(37)33(29(15-21)46-3)47-19-23-12-13-24(38)18-28(23)39/h4-18,32H,19H2,1-3H3,(H,41,43)/b30-16-/t32-/m1/s1. The number of methoxy groups -OCH3 is 2. The number of nitrogens with zero attached hydrogens (tertiary/aromatic N) is 2. The summed E-state index contributed by atoms with van der Waals surface area (Å²) in [7, 11) is 3.12. The van der Waals surface area contributed by atoms with E-state index >= 15 is 0 Å². The van der Waals surface area contributed by atoms with Crippen LogP contribution in [0.3, 0.4) is 0 Å². The summed E-state index contributed by atoms with van der Waals surface area (Å²) in [4.78, 5) is 33.3. The molecule has 0 fully saturated rings. The Kier molecular flexibility index (Phi) is 10.1. The number of carbonyl (C=O) groups excluding carboxylic acids is 1. The fourth-order valence-corrected chi connectivity index (χ4v) is 7.45. The van der Waals surface area contributed by atoms with Gasteiger partial charge in [-0.15, -0.1) is 0 Å². The molecule has 1 amide bonds. The van der Waals surface area contributed by atoms with Gasteiger partial charge in [0.1, 0.15) is 12.4 Å². The van der Waals surface area contributed by atoms with Gasteiger partial charge in [0.25, 0.3) is 11.5 Å². The summed E-state index contributed by atoms with van der Waals surface area (Å²) < 4.78 is 19.9. The maximum absolute atomic E-state index is 14.2. The Hall–Kier alpha value is -4.35. The van der Waals surface area contributed by atoms with Crippen molar-refractivity contribution >= 4 is 68.1 Å². The predicted molar refractivity (Wildman–Crippen MR) is 193 cm³/mol. The molecule has 0 unspecified atom stereocenters. The molecule has 0 radical (unpaired) electrons. The van der Waals surface area contributed by atoms with Crippen LogP contribution >= 0.6 is 50.5 Å². The van der Waals surface area contributed by atoms with E-state index in [0.717, 1.165) is 5.56 Å². The van der Waals surface area contributed by atoms with Crippen LogP contribution in [0.4, 0.5) is 5.69 Å². The van der Waals surface area contributed by atoms with E-state index in [1.807, 2.05) is 48.5 Å². The largest absolute Gasteiger partial charge is 0.497 e. The van der Waals surface area contributed by atoms with Gasteiger partial charge >= 0.3 is 0 Å². The molecule has 1 atom stereocenters. The molecule has 0 aliphatic carbocycles. The van der Waals surface area contributed by atoms with Crippen LogP contribution in [0, 0.1) is 0 Å². The first-order chi connectivity index (χ1) is 23.2. The maximum Gasteiger partial charge on any atom is 0.271 e. The monoisotopic (exact) mass is 763 g/mol. The Morgan fingerprint density at radius 2 is 1.81 bits per heavy atom. The van der Waals surface area contributed by atoms with E-state index in [1.165, 1.54) is 11.3 Å². The molecule has 1 aliphatic heterocycles. The number of ether oxygens (including phenoxy) is 3. The molecule has 0 saturated carbocycles. The van der Waals surface area contributed by atoms with Crippen LogP contribution < -0.4 is 34.4 Å². The third kappa shape index (κ3) is 6.93. The van der Waals surface area contributed by atoms with E-state index in [-0.39, 0.29) is 18.1 Å². The minimum absolute atomic E-state index is 0.187. The molecule has 1 aliphatic rings. The normalized spacial score (nSPS) is 14.3. The second-order valence-electron chi connectivity index (χ2n) is 10.7. The highest BCUT2D eigenvalue weighted by Crippen LogP contribution is 2.38. The van der Waals surface area contributed by atoms with Gasteiger partial charge in [0.05, 0.1) is 40.5 Å². The van der Waals surface area contributed by atoms with Crippen molar-refractivity contribution in [2.75, 3.05) is 19.5 Å². The van der Waals surface area contributed by atoms with Crippen molar-refractivity contribution in [2.45, 2.75) is 19.6 Å². The number of amides is 1. The van der Waals surface area contributed by atoms with Gasteiger partial charge in [-0.05, 0) is 88.6 Å². The number of halogens is 3. The second-order valence-corrected chi connectivity index (χ2v) is 13.4. The molecule has 1 aromatic heterocycles. The van der Waals surface area contributed by atoms with E-state index in [0.29, 0.717) is 69.2 Å². The van der Waals surface area contributed by atoms with Gasteiger partial charge < -0.3 is 19.5 Å². The number of carbonyl (C=O) groups is 1. The zero-order valence-corrected chi connectivity index (χ0v) is 29.8. The van der Waals surface area contributed by atoms with Gasteiger partial charge in [0, 0.05) is 21.3 Å². The maximum atomic E-state index is 14.2. The Labute approximate surface area is 298 Å². The molecular weight excluding hydrogens is 737 g/mol. The molecule has 244 valence electrons. The number of para-hydroxylation sites is 1. The van der Waals surface area contributed by atoms with E-state index in [1.54, 1.807) is 68.2 Å². The van der Waals surface area contributed by atoms with Crippen molar-refractivity contribution in [2.24, 2.45) is 4.99 Å². The molecule has 2 heterocycles. The van der Waals surface area contributed by atoms with Gasteiger partial charge in [0.2, 0.25) is 0 Å². The fourth-order valence-electron chi connectivity index (χ4n) is 5.36. The fraction of sp³-hybridized carbons (Fsp3) is 0.139. The number of aromatic nitrogens is 1. The second kappa shape index (κ2) is 14.4. The highest BCUT2D eigenvalue weighted by Gasteiger charge is 2.33. The quantitative estimate of drug-likeness (QED) is 0.168. The van der Waals surface area contributed by atoms with Gasteiger partial charge in [-0.2, -0.15) is 0 Å². The molecule has 48 heavy (non-hydrogen) atoms. The number of benzene rings is 4. The lowest BCUT2D eigenvalue weighted by Gasteiger charge is -2.25. The Balaban J connectivity index is 1.41. The minimum atomic E-state index is -0.751. The number of allylic oxidation sites excluding steroid dienone is 1. The average molecular weight is 766 g/mol. The molecule has 12 heteroatoms. The zero-order valence-electron chi connectivity index (χ0n) is 25.9. The molecule has 6 rings (SSSR count). The summed E-state index contributed by atoms with van der Waals surface area (Å²) >= 11 is 17.2. The first kappa shape index (κ1) is 33.5. The molecule has 4 aromatic carbocycles. The van der Waals surface area contributed by atoms with Crippen molar-refractivity contribution in [3.63, 3.8) is 0 Å². The molecule has 8 nitrogen and oxygen atoms in total. The van der Waals surface area contributed by atoms with Crippen LogP contribution in [0.5, 0.6) is 17.2 Å². The average Bonchev–Trinajstić information content (AvgIpc) is 3.37. The SMILES string of the molecule is COc1cccc([C@@H]2C(C(=O)Nc3ccccc3)=C(C)N=c3s/c(=C\c4cc(Br)c(OCc5ccc(Cl)cc5Cl)c(OC)c4)c(=O)n32)c1. The molecule has 0 spiro atoms. The third-order valence-corrected chi connectivity index (χ3v) is 9.80. The number of nitrogens with one attached hydrogen (secondary N) is 1. The third-order valence-electron chi connectivity index (χ3n) is 7.64. The highest BCUT2D eigenvalue weighted by molar-refractivity contribution is 9.10. The lowest BCUT2D eigenvalue weighted by atomic mass is 9.95. The highest BCUT2D eigenvalue weighted by atomic mass is 79.9. The Bertz CT molecular complexity index is 2250. The first-order valence-electron chi connectivity index (χ1n) is 14.6. The van der Waals surface area contributed by atoms with Gasteiger partial charge in [0.15, 0.2) is 16.3 Å². The smallest absolute Gasteiger partial charge is 0.271 e. The molecule has 0 bridgehead atoms. The predicted octanol–water partition coefficient (Wildman–Crippen LogP) is 7.54. The Morgan fingerprint density at radius 1 is 1.02 bits per heavy atom. The summed E-state index contributed by atoms with van der Waals surface area (Å²) in [5.74, 6) is 1.18. The van der Waals surface area contributed by atoms with Crippen molar-refractivity contribution in [3.8, 4) is 17.2 Å². The van der Waals surface area contributed by atoms with Crippen LogP contribution in [0.25, 0.3) is 6.08 Å². The molecular formula is C36H28BrCl2N3O5S. The van der Waals surface area contributed by atoms with Gasteiger partial charge in [-0.3, -0.25) is 14.2 Å². The molecule has 0 saturated heterocycles. The lowest BCUT2D eigenvalue weighted by molar-refractivity contribution is -0.113. The van der Waals surface area contributed by atoms with Crippen molar-refractivity contribution in [1.29, 1.82) is 0 Å². The van der Waals surface area contributed by atoms with E-state index in [4.69, 9.17) is 42.4 Å². The topological polar surface area (TPSA) is 91.2 Å². The van der Waals surface area contributed by atoms with Crippen LogP contribution in [-0.2, 0) is 11.4 Å².